The number of carbonyl (C=O) groups excluding carboxylic acids is 1. The normalized spacial score (nSPS) is 13.5. The summed E-state index contributed by atoms with van der Waals surface area (Å²) < 4.78 is 50.9. The number of sulfonamides is 1. The molecule has 0 saturated carbocycles. The minimum absolute atomic E-state index is 0.00886. The van der Waals surface area contributed by atoms with Crippen molar-refractivity contribution in [3.63, 3.8) is 0 Å². The van der Waals surface area contributed by atoms with Crippen molar-refractivity contribution in [2.75, 3.05) is 51.3 Å². The number of nitrogens with one attached hydrogen (secondary N) is 1. The van der Waals surface area contributed by atoms with Crippen molar-refractivity contribution in [1.82, 2.24) is 14.9 Å². The number of nitrogens with zero attached hydrogens (tertiary/aromatic N) is 3. The van der Waals surface area contributed by atoms with Gasteiger partial charge in [0, 0.05) is 19.5 Å². The van der Waals surface area contributed by atoms with Crippen LogP contribution in [0.4, 0.5) is 5.82 Å². The third-order valence-electron chi connectivity index (χ3n) is 5.84. The van der Waals surface area contributed by atoms with Gasteiger partial charge in [-0.25, -0.2) is 13.4 Å². The predicted octanol–water partition coefficient (Wildman–Crippen LogP) is 2.24. The van der Waals surface area contributed by atoms with E-state index in [0.29, 0.717) is 44.9 Å². The Kier molecular flexibility index (Phi) is 9.52. The number of morpholine rings is 1. The van der Waals surface area contributed by atoms with Crippen molar-refractivity contribution in [3.05, 3.63) is 60.4 Å². The summed E-state index contributed by atoms with van der Waals surface area (Å²) in [7, 11) is -2.62. The van der Waals surface area contributed by atoms with Gasteiger partial charge in [0.1, 0.15) is 12.9 Å². The number of carbonyl (C=O) groups is 1. The maximum Gasteiger partial charge on any atom is 0.263 e. The van der Waals surface area contributed by atoms with Gasteiger partial charge in [-0.05, 0) is 36.2 Å². The van der Waals surface area contributed by atoms with Crippen LogP contribution in [0.3, 0.4) is 0 Å². The molecule has 3 aromatic rings. The first-order valence-electron chi connectivity index (χ1n) is 12.3. The molecule has 208 valence electrons. The summed E-state index contributed by atoms with van der Waals surface area (Å²) >= 11 is 0. The van der Waals surface area contributed by atoms with Gasteiger partial charge in [0.25, 0.3) is 15.9 Å². The number of amides is 1. The largest absolute Gasteiger partial charge is 0.493 e. The molecule has 1 aliphatic heterocycles. The van der Waals surface area contributed by atoms with Crippen LogP contribution in [0, 0.1) is 0 Å². The minimum Gasteiger partial charge on any atom is -0.493 e. The monoisotopic (exact) mass is 558 g/mol. The Morgan fingerprint density at radius 2 is 1.79 bits per heavy atom. The van der Waals surface area contributed by atoms with Crippen molar-refractivity contribution < 1.29 is 37.3 Å². The molecule has 39 heavy (non-hydrogen) atoms. The number of benzene rings is 2. The van der Waals surface area contributed by atoms with Gasteiger partial charge in [-0.1, -0.05) is 24.3 Å². The van der Waals surface area contributed by atoms with Crippen LogP contribution in [0.15, 0.2) is 59.8 Å². The Bertz CT molecular complexity index is 1360. The number of aliphatic hydroxyl groups excluding tert-OH is 1. The molecule has 1 fully saturated rings. The van der Waals surface area contributed by atoms with Crippen LogP contribution in [-0.4, -0.2) is 80.9 Å². The van der Waals surface area contributed by atoms with Crippen LogP contribution >= 0.6 is 0 Å². The number of aliphatic hydroxyl groups is 1. The van der Waals surface area contributed by atoms with Crippen molar-refractivity contribution in [2.45, 2.75) is 17.7 Å². The number of aromatic nitrogens is 2. The molecule has 13 heteroatoms. The van der Waals surface area contributed by atoms with Crippen LogP contribution in [0.5, 0.6) is 23.1 Å². The standard InChI is InChI=1S/C26H30N4O8S/c1-35-21-4-2-3-5-22(21)38-24-25(27-18-28-26(24)37-17-14-31)29-39(33,34)20-9-6-19(7-10-20)8-11-23(32)30-12-15-36-16-13-30/h2-7,9-10,18,31H,8,11-17H2,1H3,(H,27,28,29). The SMILES string of the molecule is COc1ccccc1Oc1c(NS(=O)(=O)c2ccc(CCC(=O)N3CCOCC3)cc2)ncnc1OCCO. The second kappa shape index (κ2) is 13.2. The molecule has 1 amide bonds. The van der Waals surface area contributed by atoms with E-state index >= 15 is 0 Å². The zero-order valence-electron chi connectivity index (χ0n) is 21.4. The van der Waals surface area contributed by atoms with Crippen LogP contribution in [0.1, 0.15) is 12.0 Å². The molecule has 12 nitrogen and oxygen atoms in total. The molecule has 1 saturated heterocycles. The second-order valence-electron chi connectivity index (χ2n) is 8.42. The van der Waals surface area contributed by atoms with Gasteiger partial charge >= 0.3 is 0 Å². The Morgan fingerprint density at radius 3 is 2.49 bits per heavy atom. The first kappa shape index (κ1) is 28.1. The predicted molar refractivity (Wildman–Crippen MR) is 141 cm³/mol. The summed E-state index contributed by atoms with van der Waals surface area (Å²) in [5.41, 5.74) is 0.831. The average molecular weight is 559 g/mol. The van der Waals surface area contributed by atoms with Gasteiger partial charge in [-0.15, -0.1) is 0 Å². The van der Waals surface area contributed by atoms with E-state index in [1.165, 1.54) is 19.2 Å². The number of para-hydroxylation sites is 2. The zero-order chi connectivity index (χ0) is 27.7. The lowest BCUT2D eigenvalue weighted by Gasteiger charge is -2.26. The third kappa shape index (κ3) is 7.34. The molecule has 0 atom stereocenters. The quantitative estimate of drug-likeness (QED) is 0.339. The highest BCUT2D eigenvalue weighted by molar-refractivity contribution is 7.92. The Labute approximate surface area is 226 Å². The fraction of sp³-hybridized carbons (Fsp3) is 0.346. The van der Waals surface area contributed by atoms with Gasteiger partial charge in [0.15, 0.2) is 17.3 Å². The summed E-state index contributed by atoms with van der Waals surface area (Å²) in [5.74, 6) is 0.387. The van der Waals surface area contributed by atoms with Crippen molar-refractivity contribution in [3.8, 4) is 23.1 Å². The number of hydrogen-bond acceptors (Lipinski definition) is 10. The fourth-order valence-corrected chi connectivity index (χ4v) is 4.84. The van der Waals surface area contributed by atoms with Gasteiger partial charge in [-0.2, -0.15) is 4.98 Å². The number of ether oxygens (including phenoxy) is 4. The lowest BCUT2D eigenvalue weighted by molar-refractivity contribution is -0.135. The molecule has 0 unspecified atom stereocenters. The van der Waals surface area contributed by atoms with E-state index in [2.05, 4.69) is 14.7 Å². The molecule has 2 heterocycles. The van der Waals surface area contributed by atoms with Crippen LogP contribution in [-0.2, 0) is 26.0 Å². The topological polar surface area (TPSA) is 149 Å². The summed E-state index contributed by atoms with van der Waals surface area (Å²) in [4.78, 5) is 22.3. The minimum atomic E-state index is -4.09. The smallest absolute Gasteiger partial charge is 0.263 e. The number of hydrogen-bond donors (Lipinski definition) is 2. The summed E-state index contributed by atoms with van der Waals surface area (Å²) in [6.07, 6.45) is 1.93. The van der Waals surface area contributed by atoms with Crippen LogP contribution in [0.25, 0.3) is 0 Å². The number of anilines is 1. The molecule has 1 aromatic heterocycles. The summed E-state index contributed by atoms with van der Waals surface area (Å²) in [6, 6.07) is 13.0. The lowest BCUT2D eigenvalue weighted by atomic mass is 10.1. The highest BCUT2D eigenvalue weighted by Crippen LogP contribution is 2.39. The Balaban J connectivity index is 1.51. The van der Waals surface area contributed by atoms with E-state index in [-0.39, 0.29) is 47.2 Å². The fourth-order valence-electron chi connectivity index (χ4n) is 3.82. The van der Waals surface area contributed by atoms with Crippen LogP contribution in [0.2, 0.25) is 0 Å². The van der Waals surface area contributed by atoms with Gasteiger partial charge in [0.05, 0.1) is 31.8 Å². The number of methoxy groups -OCH3 is 1. The molecule has 4 rings (SSSR count). The van der Waals surface area contributed by atoms with Crippen molar-refractivity contribution in [2.24, 2.45) is 0 Å². The second-order valence-corrected chi connectivity index (χ2v) is 10.1. The van der Waals surface area contributed by atoms with Crippen molar-refractivity contribution >= 4 is 21.7 Å². The zero-order valence-corrected chi connectivity index (χ0v) is 22.2. The van der Waals surface area contributed by atoms with E-state index in [1.54, 1.807) is 41.3 Å². The van der Waals surface area contributed by atoms with Crippen molar-refractivity contribution in [1.29, 1.82) is 0 Å². The molecule has 2 N–H and O–H groups in total. The molecule has 0 bridgehead atoms. The highest BCUT2D eigenvalue weighted by atomic mass is 32.2. The van der Waals surface area contributed by atoms with E-state index in [0.717, 1.165) is 11.9 Å². The molecule has 0 radical (unpaired) electrons. The summed E-state index contributed by atoms with van der Waals surface area (Å²) in [6.45, 7) is 1.86. The first-order valence-corrected chi connectivity index (χ1v) is 13.8. The summed E-state index contributed by atoms with van der Waals surface area (Å²) in [5, 5.41) is 9.19. The molecular weight excluding hydrogens is 528 g/mol. The van der Waals surface area contributed by atoms with Gasteiger partial charge in [0.2, 0.25) is 11.7 Å². The third-order valence-corrected chi connectivity index (χ3v) is 7.19. The molecule has 0 aliphatic carbocycles. The van der Waals surface area contributed by atoms with Gasteiger partial charge < -0.3 is 29.0 Å². The molecule has 1 aliphatic rings. The van der Waals surface area contributed by atoms with E-state index < -0.39 is 10.0 Å². The maximum absolute atomic E-state index is 13.2. The van der Waals surface area contributed by atoms with Gasteiger partial charge in [-0.3, -0.25) is 9.52 Å². The Hall–Kier alpha value is -3.94. The number of aryl methyl sites for hydroxylation is 1. The highest BCUT2D eigenvalue weighted by Gasteiger charge is 2.23. The average Bonchev–Trinajstić information content (AvgIpc) is 2.96. The van der Waals surface area contributed by atoms with E-state index in [4.69, 9.17) is 18.9 Å². The number of rotatable bonds is 12. The lowest BCUT2D eigenvalue weighted by Crippen LogP contribution is -2.40. The van der Waals surface area contributed by atoms with E-state index in [9.17, 15) is 18.3 Å². The maximum atomic E-state index is 13.2. The molecule has 2 aromatic carbocycles. The molecular formula is C26H30N4O8S. The Morgan fingerprint density at radius 1 is 1.08 bits per heavy atom. The first-order chi connectivity index (χ1) is 18.9. The van der Waals surface area contributed by atoms with E-state index in [1.807, 2.05) is 0 Å². The molecule has 0 spiro atoms. The van der Waals surface area contributed by atoms with Crippen LogP contribution < -0.4 is 18.9 Å².